The molecule has 0 fully saturated rings. The van der Waals surface area contributed by atoms with Gasteiger partial charge in [-0.05, 0) is 49.7 Å². The molecule has 0 bridgehead atoms. The summed E-state index contributed by atoms with van der Waals surface area (Å²) in [7, 11) is 0. The molecule has 0 saturated heterocycles. The Bertz CT molecular complexity index is 800. The molecule has 2 N–H and O–H groups in total. The van der Waals surface area contributed by atoms with Crippen molar-refractivity contribution in [2.75, 3.05) is 6.54 Å². The summed E-state index contributed by atoms with van der Waals surface area (Å²) in [5.74, 6) is 0. The van der Waals surface area contributed by atoms with Gasteiger partial charge in [0.05, 0.1) is 12.6 Å². The Morgan fingerprint density at radius 1 is 1.04 bits per heavy atom. The van der Waals surface area contributed by atoms with E-state index in [1.165, 1.54) is 10.8 Å². The second-order valence-corrected chi connectivity index (χ2v) is 8.14. The third-order valence-electron chi connectivity index (χ3n) is 4.50. The molecule has 0 radical (unpaired) electrons. The quantitative estimate of drug-likeness (QED) is 0.546. The number of hydrogen-bond donors (Lipinski definition) is 2. The van der Waals surface area contributed by atoms with Crippen molar-refractivity contribution in [1.82, 2.24) is 9.88 Å². The highest BCUT2D eigenvalue weighted by atomic mass is 79.9. The number of nitrogens with one attached hydrogen (secondary N) is 1. The summed E-state index contributed by atoms with van der Waals surface area (Å²) in [5.41, 5.74) is 2.29. The molecule has 0 aliphatic carbocycles. The zero-order valence-electron chi connectivity index (χ0n) is 13.9. The molecule has 24 heavy (non-hydrogen) atoms. The van der Waals surface area contributed by atoms with Crippen molar-refractivity contribution in [1.29, 1.82) is 0 Å². The van der Waals surface area contributed by atoms with E-state index >= 15 is 0 Å². The number of aliphatic hydroxyl groups is 1. The Labute approximate surface area is 159 Å². The second kappa shape index (κ2) is 7.56. The summed E-state index contributed by atoms with van der Waals surface area (Å²) >= 11 is 7.13. The van der Waals surface area contributed by atoms with Crippen molar-refractivity contribution in [2.24, 2.45) is 0 Å². The molecular formula is C19H22Br2N2O. The molecule has 5 heteroatoms. The molecule has 0 spiro atoms. The number of benzene rings is 2. The number of fused-ring (bicyclic) bond motifs is 3. The number of hydrogen-bond acceptors (Lipinski definition) is 2. The third kappa shape index (κ3) is 3.69. The molecule has 0 saturated carbocycles. The topological polar surface area (TPSA) is 37.2 Å². The predicted molar refractivity (Wildman–Crippen MR) is 109 cm³/mol. The van der Waals surface area contributed by atoms with Gasteiger partial charge in [0.15, 0.2) is 0 Å². The van der Waals surface area contributed by atoms with E-state index in [1.807, 2.05) is 0 Å². The number of nitrogens with zero attached hydrogens (tertiary/aromatic N) is 1. The first-order valence-electron chi connectivity index (χ1n) is 8.28. The first kappa shape index (κ1) is 17.9. The Morgan fingerprint density at radius 3 is 2.08 bits per heavy atom. The fourth-order valence-electron chi connectivity index (χ4n) is 3.00. The zero-order chi connectivity index (χ0) is 17.3. The van der Waals surface area contributed by atoms with E-state index in [4.69, 9.17) is 0 Å². The van der Waals surface area contributed by atoms with Crippen LogP contribution in [-0.2, 0) is 6.54 Å². The highest BCUT2D eigenvalue weighted by Gasteiger charge is 2.15. The summed E-state index contributed by atoms with van der Waals surface area (Å²) in [4.78, 5) is 0. The van der Waals surface area contributed by atoms with E-state index in [2.05, 4.69) is 92.0 Å². The molecule has 1 aromatic heterocycles. The van der Waals surface area contributed by atoms with Crippen LogP contribution < -0.4 is 5.32 Å². The minimum absolute atomic E-state index is 0.421. The Balaban J connectivity index is 1.99. The van der Waals surface area contributed by atoms with Crippen LogP contribution >= 0.6 is 31.9 Å². The average molecular weight is 454 g/mol. The molecule has 0 aliphatic rings. The van der Waals surface area contributed by atoms with Gasteiger partial charge in [-0.2, -0.15) is 0 Å². The van der Waals surface area contributed by atoms with Crippen LogP contribution in [0.2, 0.25) is 0 Å². The maximum Gasteiger partial charge on any atom is 0.0843 e. The predicted octanol–water partition coefficient (Wildman–Crippen LogP) is 5.07. The Hall–Kier alpha value is -0.880. The van der Waals surface area contributed by atoms with E-state index in [-0.39, 0.29) is 0 Å². The number of aromatic nitrogens is 1. The summed E-state index contributed by atoms with van der Waals surface area (Å²) in [6, 6.07) is 13.0. The minimum atomic E-state index is -0.426. The molecule has 0 unspecified atom stereocenters. The van der Waals surface area contributed by atoms with Gasteiger partial charge in [-0.25, -0.2) is 0 Å². The molecule has 3 aromatic rings. The van der Waals surface area contributed by atoms with Gasteiger partial charge in [-0.3, -0.25) is 0 Å². The van der Waals surface area contributed by atoms with Crippen LogP contribution in [0.4, 0.5) is 0 Å². The molecule has 128 valence electrons. The van der Waals surface area contributed by atoms with Crippen LogP contribution in [0.1, 0.15) is 20.3 Å². The van der Waals surface area contributed by atoms with Crippen LogP contribution in [0, 0.1) is 0 Å². The van der Waals surface area contributed by atoms with E-state index in [0.29, 0.717) is 19.1 Å². The van der Waals surface area contributed by atoms with Gasteiger partial charge in [-0.1, -0.05) is 38.8 Å². The molecule has 2 atom stereocenters. The Morgan fingerprint density at radius 2 is 1.58 bits per heavy atom. The average Bonchev–Trinajstić information content (AvgIpc) is 2.85. The first-order valence-corrected chi connectivity index (χ1v) is 9.86. The summed E-state index contributed by atoms with van der Waals surface area (Å²) < 4.78 is 4.34. The van der Waals surface area contributed by atoms with Crippen LogP contribution in [0.15, 0.2) is 45.3 Å². The largest absolute Gasteiger partial charge is 0.390 e. The molecule has 1 heterocycles. The van der Waals surface area contributed by atoms with Crippen molar-refractivity contribution in [3.63, 3.8) is 0 Å². The van der Waals surface area contributed by atoms with Gasteiger partial charge < -0.3 is 15.0 Å². The maximum atomic E-state index is 10.5. The highest BCUT2D eigenvalue weighted by molar-refractivity contribution is 9.10. The van der Waals surface area contributed by atoms with Crippen LogP contribution in [0.5, 0.6) is 0 Å². The van der Waals surface area contributed by atoms with Gasteiger partial charge in [0.2, 0.25) is 0 Å². The number of aliphatic hydroxyl groups excluding tert-OH is 1. The summed E-state index contributed by atoms with van der Waals surface area (Å²) in [6.07, 6.45) is 0.634. The normalized spacial score (nSPS) is 14.4. The smallest absolute Gasteiger partial charge is 0.0843 e. The van der Waals surface area contributed by atoms with Crippen molar-refractivity contribution in [3.8, 4) is 0 Å². The third-order valence-corrected chi connectivity index (χ3v) is 5.48. The van der Waals surface area contributed by atoms with Crippen molar-refractivity contribution in [3.05, 3.63) is 45.3 Å². The Kier molecular flexibility index (Phi) is 5.65. The van der Waals surface area contributed by atoms with Gasteiger partial charge >= 0.3 is 0 Å². The fraction of sp³-hybridized carbons (Fsp3) is 0.368. The van der Waals surface area contributed by atoms with E-state index in [1.54, 1.807) is 0 Å². The molecule has 0 amide bonds. The lowest BCUT2D eigenvalue weighted by atomic mass is 10.2. The molecule has 0 aliphatic heterocycles. The SMILES string of the molecule is CC[C@@H](C)NC[C@@H](O)Cn1c2ccc(Br)cc2c2cc(Br)ccc21. The van der Waals surface area contributed by atoms with Crippen LogP contribution in [-0.4, -0.2) is 28.4 Å². The first-order chi connectivity index (χ1) is 11.5. The van der Waals surface area contributed by atoms with Gasteiger partial charge in [-0.15, -0.1) is 0 Å². The molecule has 3 nitrogen and oxygen atoms in total. The monoisotopic (exact) mass is 452 g/mol. The maximum absolute atomic E-state index is 10.5. The lowest BCUT2D eigenvalue weighted by Gasteiger charge is -2.17. The summed E-state index contributed by atoms with van der Waals surface area (Å²) in [5, 5.41) is 16.3. The van der Waals surface area contributed by atoms with Crippen molar-refractivity contribution < 1.29 is 5.11 Å². The standard InChI is InChI=1S/C19H22Br2N2O/c1-3-12(2)22-10-15(24)11-23-18-6-4-13(20)8-16(18)17-9-14(21)5-7-19(17)23/h4-9,12,15,22,24H,3,10-11H2,1-2H3/t12-,15-/m1/s1. The molecule has 3 rings (SSSR count). The summed E-state index contributed by atoms with van der Waals surface area (Å²) in [6.45, 7) is 5.46. The molecular weight excluding hydrogens is 432 g/mol. The minimum Gasteiger partial charge on any atom is -0.390 e. The van der Waals surface area contributed by atoms with Gasteiger partial charge in [0.25, 0.3) is 0 Å². The van der Waals surface area contributed by atoms with E-state index in [0.717, 1.165) is 26.4 Å². The van der Waals surface area contributed by atoms with E-state index in [9.17, 15) is 5.11 Å². The molecule has 2 aromatic carbocycles. The van der Waals surface area contributed by atoms with Crippen molar-refractivity contribution >= 4 is 53.7 Å². The fourth-order valence-corrected chi connectivity index (χ4v) is 3.72. The zero-order valence-corrected chi connectivity index (χ0v) is 17.1. The lowest BCUT2D eigenvalue weighted by molar-refractivity contribution is 0.150. The van der Waals surface area contributed by atoms with E-state index < -0.39 is 6.10 Å². The van der Waals surface area contributed by atoms with Crippen LogP contribution in [0.3, 0.4) is 0 Å². The lowest BCUT2D eigenvalue weighted by Crippen LogP contribution is -2.35. The highest BCUT2D eigenvalue weighted by Crippen LogP contribution is 2.33. The number of halogens is 2. The van der Waals surface area contributed by atoms with Crippen LogP contribution in [0.25, 0.3) is 21.8 Å². The second-order valence-electron chi connectivity index (χ2n) is 6.30. The number of rotatable bonds is 6. The van der Waals surface area contributed by atoms with Gasteiger partial charge in [0, 0.05) is 43.3 Å². The van der Waals surface area contributed by atoms with Gasteiger partial charge in [0.1, 0.15) is 0 Å². The van der Waals surface area contributed by atoms with Crippen molar-refractivity contribution in [2.45, 2.75) is 39.0 Å².